The minimum atomic E-state index is -0.936. The molecule has 0 spiro atoms. The topological polar surface area (TPSA) is 94.3 Å². The summed E-state index contributed by atoms with van der Waals surface area (Å²) in [6, 6.07) is 15.5. The number of carboxylic acids is 1. The van der Waals surface area contributed by atoms with Gasteiger partial charge in [0.05, 0.1) is 12.3 Å². The number of benzene rings is 1. The molecule has 4 rings (SSSR count). The molecule has 7 nitrogen and oxygen atoms in total. The van der Waals surface area contributed by atoms with Crippen molar-refractivity contribution in [2.45, 2.75) is 39.2 Å². The summed E-state index contributed by atoms with van der Waals surface area (Å²) in [5, 5.41) is 13.5. The Morgan fingerprint density at radius 3 is 2.48 bits per heavy atom. The van der Waals surface area contributed by atoms with E-state index in [1.165, 1.54) is 0 Å². The lowest BCUT2D eigenvalue weighted by atomic mass is 9.82. The van der Waals surface area contributed by atoms with Gasteiger partial charge in [-0.15, -0.1) is 0 Å². The Bertz CT molecular complexity index is 1150. The SMILES string of the molecule is Cc1cc(-c2cc(=O)n(CC3CCC(COCC(=O)O)CC3)nc2-c2ccccc2)ccn1. The molecule has 1 fully saturated rings. The third-order valence-corrected chi connectivity index (χ3v) is 6.23. The predicted molar refractivity (Wildman–Crippen MR) is 126 cm³/mol. The molecule has 0 bridgehead atoms. The van der Waals surface area contributed by atoms with Crippen LogP contribution < -0.4 is 5.56 Å². The molecule has 1 N–H and O–H groups in total. The highest BCUT2D eigenvalue weighted by Crippen LogP contribution is 2.31. The largest absolute Gasteiger partial charge is 0.480 e. The first kappa shape index (κ1) is 22.9. The molecule has 0 aliphatic heterocycles. The number of carbonyl (C=O) groups is 1. The smallest absolute Gasteiger partial charge is 0.329 e. The summed E-state index contributed by atoms with van der Waals surface area (Å²) < 4.78 is 6.87. The highest BCUT2D eigenvalue weighted by molar-refractivity contribution is 5.80. The first-order valence-electron chi connectivity index (χ1n) is 11.4. The normalized spacial score (nSPS) is 18.2. The number of pyridine rings is 1. The molecule has 0 atom stereocenters. The Morgan fingerprint density at radius 2 is 1.79 bits per heavy atom. The fraction of sp³-hybridized carbons (Fsp3) is 0.385. The van der Waals surface area contributed by atoms with Crippen molar-refractivity contribution in [1.82, 2.24) is 14.8 Å². The van der Waals surface area contributed by atoms with Crippen molar-refractivity contribution < 1.29 is 14.6 Å². The Balaban J connectivity index is 1.54. The summed E-state index contributed by atoms with van der Waals surface area (Å²) in [5.41, 5.74) is 4.28. The van der Waals surface area contributed by atoms with E-state index >= 15 is 0 Å². The van der Waals surface area contributed by atoms with Crippen LogP contribution in [0.25, 0.3) is 22.4 Å². The van der Waals surface area contributed by atoms with E-state index in [1.807, 2.05) is 49.4 Å². The Kier molecular flexibility index (Phi) is 7.29. The highest BCUT2D eigenvalue weighted by Gasteiger charge is 2.23. The van der Waals surface area contributed by atoms with Crippen molar-refractivity contribution in [3.63, 3.8) is 0 Å². The third kappa shape index (κ3) is 5.93. The Hall–Kier alpha value is -3.32. The maximum absolute atomic E-state index is 13.0. The predicted octanol–water partition coefficient (Wildman–Crippen LogP) is 4.19. The quantitative estimate of drug-likeness (QED) is 0.556. The average molecular weight is 448 g/mol. The molecule has 1 aromatic carbocycles. The van der Waals surface area contributed by atoms with Crippen molar-refractivity contribution in [2.24, 2.45) is 11.8 Å². The fourth-order valence-corrected chi connectivity index (χ4v) is 4.50. The molecule has 0 saturated heterocycles. The fourth-order valence-electron chi connectivity index (χ4n) is 4.50. The molecule has 7 heteroatoms. The van der Waals surface area contributed by atoms with E-state index in [-0.39, 0.29) is 12.2 Å². The van der Waals surface area contributed by atoms with Crippen LogP contribution in [0, 0.1) is 18.8 Å². The zero-order chi connectivity index (χ0) is 23.2. The molecule has 1 aliphatic rings. The summed E-state index contributed by atoms with van der Waals surface area (Å²) in [7, 11) is 0. The minimum absolute atomic E-state index is 0.105. The van der Waals surface area contributed by atoms with Gasteiger partial charge in [-0.2, -0.15) is 5.10 Å². The number of nitrogens with zero attached hydrogens (tertiary/aromatic N) is 3. The standard InChI is InChI=1S/C26H29N3O4/c1-18-13-22(11-12-27-18)23-14-24(30)29(28-26(23)21-5-3-2-4-6-21)15-19-7-9-20(10-8-19)16-33-17-25(31)32/h2-6,11-14,19-20H,7-10,15-17H2,1H3,(H,31,32). The van der Waals surface area contributed by atoms with Crippen LogP contribution in [0.4, 0.5) is 0 Å². The monoisotopic (exact) mass is 447 g/mol. The maximum Gasteiger partial charge on any atom is 0.329 e. The summed E-state index contributed by atoms with van der Waals surface area (Å²) in [6.07, 6.45) is 5.64. The molecule has 0 amide bonds. The lowest BCUT2D eigenvalue weighted by Crippen LogP contribution is -2.29. The number of aliphatic carboxylic acids is 1. The number of hydrogen-bond donors (Lipinski definition) is 1. The van der Waals surface area contributed by atoms with Crippen molar-refractivity contribution in [2.75, 3.05) is 13.2 Å². The van der Waals surface area contributed by atoms with Gasteiger partial charge in [-0.1, -0.05) is 30.3 Å². The first-order valence-corrected chi connectivity index (χ1v) is 11.4. The average Bonchev–Trinajstić information content (AvgIpc) is 2.81. The van der Waals surface area contributed by atoms with E-state index in [1.54, 1.807) is 16.9 Å². The second-order valence-electron chi connectivity index (χ2n) is 8.77. The number of hydrogen-bond acceptors (Lipinski definition) is 5. The van der Waals surface area contributed by atoms with Gasteiger partial charge in [-0.05, 0) is 62.1 Å². The molecule has 3 aromatic rings. The summed E-state index contributed by atoms with van der Waals surface area (Å²) in [6.45, 7) is 2.75. The maximum atomic E-state index is 13.0. The van der Waals surface area contributed by atoms with Gasteiger partial charge in [0.2, 0.25) is 0 Å². The van der Waals surface area contributed by atoms with Crippen LogP contribution in [0.1, 0.15) is 31.4 Å². The van der Waals surface area contributed by atoms with Crippen LogP contribution in [0.15, 0.2) is 59.5 Å². The van der Waals surface area contributed by atoms with Crippen molar-refractivity contribution in [1.29, 1.82) is 0 Å². The molecule has 1 saturated carbocycles. The molecule has 1 aliphatic carbocycles. The van der Waals surface area contributed by atoms with E-state index in [0.717, 1.165) is 53.8 Å². The van der Waals surface area contributed by atoms with Gasteiger partial charge >= 0.3 is 5.97 Å². The van der Waals surface area contributed by atoms with E-state index in [0.29, 0.717) is 25.0 Å². The first-order chi connectivity index (χ1) is 16.0. The summed E-state index contributed by atoms with van der Waals surface area (Å²) in [4.78, 5) is 27.9. The van der Waals surface area contributed by atoms with Gasteiger partial charge in [-0.3, -0.25) is 9.78 Å². The molecule has 2 heterocycles. The number of rotatable bonds is 8. The zero-order valence-electron chi connectivity index (χ0n) is 18.8. The molecular formula is C26H29N3O4. The van der Waals surface area contributed by atoms with Crippen LogP contribution in [-0.2, 0) is 16.1 Å². The molecule has 2 aromatic heterocycles. The van der Waals surface area contributed by atoms with Gasteiger partial charge in [0.25, 0.3) is 5.56 Å². The number of carboxylic acid groups (broad SMARTS) is 1. The molecule has 33 heavy (non-hydrogen) atoms. The Labute approximate surface area is 193 Å². The zero-order valence-corrected chi connectivity index (χ0v) is 18.8. The highest BCUT2D eigenvalue weighted by atomic mass is 16.5. The molecule has 0 radical (unpaired) electrons. The van der Waals surface area contributed by atoms with Gasteiger partial charge < -0.3 is 9.84 Å². The molecule has 172 valence electrons. The van der Waals surface area contributed by atoms with E-state index in [4.69, 9.17) is 14.9 Å². The van der Waals surface area contributed by atoms with E-state index in [9.17, 15) is 9.59 Å². The second-order valence-corrected chi connectivity index (χ2v) is 8.77. The van der Waals surface area contributed by atoms with Gasteiger partial charge in [0.1, 0.15) is 6.61 Å². The molecule has 0 unspecified atom stereocenters. The number of ether oxygens (including phenoxy) is 1. The van der Waals surface area contributed by atoms with E-state index < -0.39 is 5.97 Å². The van der Waals surface area contributed by atoms with Crippen LogP contribution in [0.2, 0.25) is 0 Å². The van der Waals surface area contributed by atoms with Crippen LogP contribution in [-0.4, -0.2) is 39.1 Å². The number of aryl methyl sites for hydroxylation is 1. The minimum Gasteiger partial charge on any atom is -0.480 e. The van der Waals surface area contributed by atoms with E-state index in [2.05, 4.69) is 4.98 Å². The van der Waals surface area contributed by atoms with Crippen LogP contribution >= 0.6 is 0 Å². The van der Waals surface area contributed by atoms with Crippen molar-refractivity contribution >= 4 is 5.97 Å². The number of aromatic nitrogens is 3. The third-order valence-electron chi connectivity index (χ3n) is 6.23. The van der Waals surface area contributed by atoms with Crippen molar-refractivity contribution in [3.05, 3.63) is 70.8 Å². The van der Waals surface area contributed by atoms with Crippen LogP contribution in [0.5, 0.6) is 0 Å². The van der Waals surface area contributed by atoms with Crippen molar-refractivity contribution in [3.8, 4) is 22.4 Å². The Morgan fingerprint density at radius 1 is 1.06 bits per heavy atom. The summed E-state index contributed by atoms with van der Waals surface area (Å²) >= 11 is 0. The lowest BCUT2D eigenvalue weighted by Gasteiger charge is -2.28. The lowest BCUT2D eigenvalue weighted by molar-refractivity contribution is -0.142. The summed E-state index contributed by atoms with van der Waals surface area (Å²) in [5.74, 6) is -0.195. The van der Waals surface area contributed by atoms with Crippen LogP contribution in [0.3, 0.4) is 0 Å². The second kappa shape index (κ2) is 10.5. The van der Waals surface area contributed by atoms with Gasteiger partial charge in [0, 0.05) is 35.6 Å². The van der Waals surface area contributed by atoms with Gasteiger partial charge in [0.15, 0.2) is 0 Å². The molecular weight excluding hydrogens is 418 g/mol. The van der Waals surface area contributed by atoms with Gasteiger partial charge in [-0.25, -0.2) is 9.48 Å².